The van der Waals surface area contributed by atoms with Crippen LogP contribution in [-0.2, 0) is 13.0 Å². The highest BCUT2D eigenvalue weighted by atomic mass is 16.5. The molecule has 0 aliphatic heterocycles. The van der Waals surface area contributed by atoms with Gasteiger partial charge in [-0.15, -0.1) is 0 Å². The summed E-state index contributed by atoms with van der Waals surface area (Å²) in [5.74, 6) is 0. The van der Waals surface area contributed by atoms with E-state index in [1.54, 1.807) is 7.11 Å². The van der Waals surface area contributed by atoms with E-state index in [4.69, 9.17) is 10.5 Å². The van der Waals surface area contributed by atoms with Gasteiger partial charge in [0.15, 0.2) is 0 Å². The van der Waals surface area contributed by atoms with Gasteiger partial charge in [0.05, 0.1) is 12.8 Å². The van der Waals surface area contributed by atoms with Crippen LogP contribution in [-0.4, -0.2) is 17.1 Å². The van der Waals surface area contributed by atoms with Crippen molar-refractivity contribution in [2.45, 2.75) is 19.9 Å². The second kappa shape index (κ2) is 4.01. The number of aromatic nitrogens is 2. The molecule has 1 aromatic heterocycles. The number of methoxy groups -OCH3 is 1. The summed E-state index contributed by atoms with van der Waals surface area (Å²) in [6.07, 6.45) is 0.867. The van der Waals surface area contributed by atoms with E-state index in [1.807, 2.05) is 13.0 Å². The smallest absolute Gasteiger partial charge is 0.316 e. The minimum absolute atomic E-state index is 0.398. The van der Waals surface area contributed by atoms with Gasteiger partial charge in [-0.2, -0.15) is 4.98 Å². The Morgan fingerprint density at radius 3 is 2.58 bits per heavy atom. The fourth-order valence-electron chi connectivity index (χ4n) is 0.905. The Hall–Kier alpha value is -1.16. The van der Waals surface area contributed by atoms with Gasteiger partial charge in [-0.3, -0.25) is 0 Å². The molecule has 0 fully saturated rings. The summed E-state index contributed by atoms with van der Waals surface area (Å²) in [5, 5.41) is 0. The number of nitrogens with zero attached hydrogens (tertiary/aromatic N) is 2. The van der Waals surface area contributed by atoms with Crippen LogP contribution in [0.25, 0.3) is 0 Å². The highest BCUT2D eigenvalue weighted by molar-refractivity contribution is 5.13. The Morgan fingerprint density at radius 1 is 1.42 bits per heavy atom. The predicted octanol–water partition coefficient (Wildman–Crippen LogP) is 0.506. The van der Waals surface area contributed by atoms with Gasteiger partial charge in [0, 0.05) is 12.2 Å². The van der Waals surface area contributed by atoms with Crippen LogP contribution < -0.4 is 10.5 Å². The van der Waals surface area contributed by atoms with Crippen LogP contribution in [0, 0.1) is 0 Å². The summed E-state index contributed by atoms with van der Waals surface area (Å²) < 4.78 is 4.92. The first-order chi connectivity index (χ1) is 5.80. The van der Waals surface area contributed by atoms with E-state index in [-0.39, 0.29) is 0 Å². The molecule has 0 radical (unpaired) electrons. The van der Waals surface area contributed by atoms with E-state index in [9.17, 15) is 0 Å². The van der Waals surface area contributed by atoms with Gasteiger partial charge in [-0.05, 0) is 12.5 Å². The normalized spacial score (nSPS) is 9.92. The minimum atomic E-state index is 0.398. The van der Waals surface area contributed by atoms with Crippen molar-refractivity contribution in [3.63, 3.8) is 0 Å². The molecule has 0 bridgehead atoms. The maximum absolute atomic E-state index is 5.45. The molecule has 0 saturated heterocycles. The van der Waals surface area contributed by atoms with Gasteiger partial charge in [-0.25, -0.2) is 4.98 Å². The number of rotatable bonds is 3. The lowest BCUT2D eigenvalue weighted by Gasteiger charge is -2.03. The third kappa shape index (κ3) is 1.92. The second-order valence-electron chi connectivity index (χ2n) is 2.39. The summed E-state index contributed by atoms with van der Waals surface area (Å²) in [4.78, 5) is 8.19. The maximum atomic E-state index is 5.45. The van der Waals surface area contributed by atoms with E-state index in [1.165, 1.54) is 0 Å². The standard InChI is InChI=1S/C8H13N3O/c1-3-6-4-7(5-9)11-8(10-6)12-2/h4H,3,5,9H2,1-2H3. The second-order valence-corrected chi connectivity index (χ2v) is 2.39. The molecule has 0 aliphatic carbocycles. The fraction of sp³-hybridized carbons (Fsp3) is 0.500. The molecule has 0 aromatic carbocycles. The maximum Gasteiger partial charge on any atom is 0.316 e. The van der Waals surface area contributed by atoms with Crippen molar-refractivity contribution in [2.75, 3.05) is 7.11 Å². The lowest BCUT2D eigenvalue weighted by molar-refractivity contribution is 0.376. The summed E-state index contributed by atoms with van der Waals surface area (Å²) in [6.45, 7) is 2.45. The van der Waals surface area contributed by atoms with Crippen LogP contribution in [0.15, 0.2) is 6.07 Å². The molecule has 1 rings (SSSR count). The topological polar surface area (TPSA) is 61.0 Å². The molecule has 0 atom stereocenters. The molecule has 0 unspecified atom stereocenters. The van der Waals surface area contributed by atoms with Crippen LogP contribution in [0.4, 0.5) is 0 Å². The molecule has 1 aromatic rings. The third-order valence-electron chi connectivity index (χ3n) is 1.57. The lowest BCUT2D eigenvalue weighted by Crippen LogP contribution is -2.04. The molecule has 0 amide bonds. The molecule has 0 saturated carbocycles. The van der Waals surface area contributed by atoms with Crippen LogP contribution in [0.3, 0.4) is 0 Å². The first-order valence-electron chi connectivity index (χ1n) is 3.91. The van der Waals surface area contributed by atoms with E-state index in [2.05, 4.69) is 9.97 Å². The first-order valence-corrected chi connectivity index (χ1v) is 3.91. The summed E-state index contributed by atoms with van der Waals surface area (Å²) in [5.41, 5.74) is 7.23. The molecule has 66 valence electrons. The molecule has 1 heterocycles. The van der Waals surface area contributed by atoms with E-state index in [0.29, 0.717) is 12.6 Å². The van der Waals surface area contributed by atoms with Gasteiger partial charge < -0.3 is 10.5 Å². The molecule has 4 nitrogen and oxygen atoms in total. The molecule has 12 heavy (non-hydrogen) atoms. The largest absolute Gasteiger partial charge is 0.467 e. The van der Waals surface area contributed by atoms with Crippen LogP contribution >= 0.6 is 0 Å². The molecular formula is C8H13N3O. The summed E-state index contributed by atoms with van der Waals surface area (Å²) >= 11 is 0. The van der Waals surface area contributed by atoms with Gasteiger partial charge in [0.2, 0.25) is 0 Å². The van der Waals surface area contributed by atoms with Crippen molar-refractivity contribution in [1.82, 2.24) is 9.97 Å². The van der Waals surface area contributed by atoms with E-state index >= 15 is 0 Å². The number of hydrogen-bond donors (Lipinski definition) is 1. The van der Waals surface area contributed by atoms with E-state index in [0.717, 1.165) is 17.8 Å². The van der Waals surface area contributed by atoms with Crippen molar-refractivity contribution >= 4 is 0 Å². The first kappa shape index (κ1) is 8.93. The zero-order valence-electron chi connectivity index (χ0n) is 7.37. The molecule has 4 heteroatoms. The van der Waals surface area contributed by atoms with Crippen molar-refractivity contribution in [1.29, 1.82) is 0 Å². The highest BCUT2D eigenvalue weighted by Gasteiger charge is 2.01. The Balaban J connectivity index is 3.01. The van der Waals surface area contributed by atoms with Gasteiger partial charge in [0.1, 0.15) is 0 Å². The minimum Gasteiger partial charge on any atom is -0.467 e. The SMILES string of the molecule is CCc1cc(CN)nc(OC)n1. The number of nitrogens with two attached hydrogens (primary N) is 1. The molecule has 0 aliphatic rings. The van der Waals surface area contributed by atoms with Crippen LogP contribution in [0.1, 0.15) is 18.3 Å². The molecule has 0 spiro atoms. The van der Waals surface area contributed by atoms with Gasteiger partial charge in [-0.1, -0.05) is 6.92 Å². The van der Waals surface area contributed by atoms with Crippen LogP contribution in [0.5, 0.6) is 6.01 Å². The van der Waals surface area contributed by atoms with E-state index < -0.39 is 0 Å². The monoisotopic (exact) mass is 167 g/mol. The third-order valence-corrected chi connectivity index (χ3v) is 1.57. The van der Waals surface area contributed by atoms with Crippen molar-refractivity contribution in [2.24, 2.45) is 5.73 Å². The summed E-state index contributed by atoms with van der Waals surface area (Å²) in [7, 11) is 1.55. The quantitative estimate of drug-likeness (QED) is 0.712. The Bertz CT molecular complexity index is 207. The number of hydrogen-bond acceptors (Lipinski definition) is 4. The predicted molar refractivity (Wildman–Crippen MR) is 45.9 cm³/mol. The average Bonchev–Trinajstić information content (AvgIpc) is 2.16. The Kier molecular flexibility index (Phi) is 2.99. The van der Waals surface area contributed by atoms with Gasteiger partial charge >= 0.3 is 6.01 Å². The number of ether oxygens (including phenoxy) is 1. The zero-order valence-corrected chi connectivity index (χ0v) is 7.37. The summed E-state index contributed by atoms with van der Waals surface area (Å²) in [6, 6.07) is 2.29. The van der Waals surface area contributed by atoms with Crippen molar-refractivity contribution < 1.29 is 4.74 Å². The Morgan fingerprint density at radius 2 is 2.08 bits per heavy atom. The molecular weight excluding hydrogens is 154 g/mol. The lowest BCUT2D eigenvalue weighted by atomic mass is 10.3. The molecule has 2 N–H and O–H groups in total. The fourth-order valence-corrected chi connectivity index (χ4v) is 0.905. The van der Waals surface area contributed by atoms with Gasteiger partial charge in [0.25, 0.3) is 0 Å². The zero-order chi connectivity index (χ0) is 8.97. The van der Waals surface area contributed by atoms with Crippen molar-refractivity contribution in [3.8, 4) is 6.01 Å². The highest BCUT2D eigenvalue weighted by Crippen LogP contribution is 2.06. The number of aryl methyl sites for hydroxylation is 1. The Labute approximate surface area is 71.8 Å². The van der Waals surface area contributed by atoms with Crippen LogP contribution in [0.2, 0.25) is 0 Å². The van der Waals surface area contributed by atoms with Crippen molar-refractivity contribution in [3.05, 3.63) is 17.5 Å². The average molecular weight is 167 g/mol.